The number of ether oxygens (including phenoxy) is 2. The Morgan fingerprint density at radius 3 is 1.84 bits per heavy atom. The van der Waals surface area contributed by atoms with Gasteiger partial charge in [-0.2, -0.15) is 0 Å². The lowest BCUT2D eigenvalue weighted by molar-refractivity contribution is 0.0948. The number of allylic oxidation sites excluding steroid dienone is 4. The van der Waals surface area contributed by atoms with Gasteiger partial charge in [0, 0.05) is 5.56 Å². The summed E-state index contributed by atoms with van der Waals surface area (Å²) in [5.41, 5.74) is 3.66. The molecule has 0 fully saturated rings. The lowest BCUT2D eigenvalue weighted by Crippen LogP contribution is -2.41. The topological polar surface area (TPSA) is 81.7 Å². The SMILES string of the molecule is C=C/C=C(\C=C/C)S(=O)(=O)c1ccc(C(C)(C)C)cc1.COc1ccc(C2(c3ccc(OC(C)(C)C)cc3)NC(=O)c3ccccc32)cc1. The van der Waals surface area contributed by atoms with Gasteiger partial charge in [0.05, 0.1) is 16.9 Å². The number of rotatable bonds is 8. The summed E-state index contributed by atoms with van der Waals surface area (Å²) in [4.78, 5) is 13.4. The molecule has 1 heterocycles. The minimum Gasteiger partial charge on any atom is -0.497 e. The van der Waals surface area contributed by atoms with Crippen LogP contribution in [0.25, 0.3) is 0 Å². The van der Waals surface area contributed by atoms with Crippen LogP contribution >= 0.6 is 0 Å². The Labute approximate surface area is 292 Å². The number of fused-ring (bicyclic) bond motifs is 1. The molecule has 7 heteroatoms. The van der Waals surface area contributed by atoms with Crippen molar-refractivity contribution in [3.05, 3.63) is 161 Å². The van der Waals surface area contributed by atoms with E-state index >= 15 is 0 Å². The number of amides is 1. The number of carbonyl (C=O) groups is 1. The molecule has 0 aromatic heterocycles. The van der Waals surface area contributed by atoms with Crippen LogP contribution in [0.1, 0.15) is 81.1 Å². The molecule has 1 amide bonds. The van der Waals surface area contributed by atoms with E-state index in [-0.39, 0.29) is 21.8 Å². The van der Waals surface area contributed by atoms with E-state index in [0.29, 0.717) is 10.5 Å². The van der Waals surface area contributed by atoms with Gasteiger partial charge in [0.2, 0.25) is 9.84 Å². The zero-order chi connectivity index (χ0) is 36.0. The van der Waals surface area contributed by atoms with Crippen LogP contribution in [0.2, 0.25) is 0 Å². The van der Waals surface area contributed by atoms with Crippen LogP contribution in [-0.4, -0.2) is 27.0 Å². The second-order valence-corrected chi connectivity index (χ2v) is 15.7. The Morgan fingerprint density at radius 2 is 1.35 bits per heavy atom. The summed E-state index contributed by atoms with van der Waals surface area (Å²) >= 11 is 0. The van der Waals surface area contributed by atoms with Crippen molar-refractivity contribution >= 4 is 15.7 Å². The molecular weight excluding hydrogens is 631 g/mol. The van der Waals surface area contributed by atoms with E-state index in [2.05, 4.69) is 32.7 Å². The molecule has 6 nitrogen and oxygen atoms in total. The second-order valence-electron chi connectivity index (χ2n) is 13.8. The number of hydrogen-bond acceptors (Lipinski definition) is 5. The van der Waals surface area contributed by atoms with Crippen LogP contribution in [0, 0.1) is 0 Å². The van der Waals surface area contributed by atoms with Gasteiger partial charge in [0.1, 0.15) is 22.6 Å². The molecule has 0 bridgehead atoms. The molecular formula is C42H47NO5S. The number of benzene rings is 4. The molecule has 5 rings (SSSR count). The Morgan fingerprint density at radius 1 is 0.796 bits per heavy atom. The van der Waals surface area contributed by atoms with E-state index in [4.69, 9.17) is 9.47 Å². The quantitative estimate of drug-likeness (QED) is 0.188. The number of methoxy groups -OCH3 is 1. The normalized spacial score (nSPS) is 16.3. The van der Waals surface area contributed by atoms with E-state index in [0.717, 1.165) is 33.8 Å². The zero-order valence-electron chi connectivity index (χ0n) is 29.7. The van der Waals surface area contributed by atoms with Gasteiger partial charge in [-0.3, -0.25) is 4.79 Å². The molecule has 1 unspecified atom stereocenters. The second kappa shape index (κ2) is 14.7. The Bertz CT molecular complexity index is 1940. The molecule has 0 saturated heterocycles. The molecule has 4 aromatic rings. The van der Waals surface area contributed by atoms with E-state index < -0.39 is 15.4 Å². The first-order chi connectivity index (χ1) is 23.1. The van der Waals surface area contributed by atoms with Crippen LogP contribution < -0.4 is 14.8 Å². The van der Waals surface area contributed by atoms with Gasteiger partial charge in [-0.1, -0.05) is 94.1 Å². The van der Waals surface area contributed by atoms with Crippen LogP contribution in [0.5, 0.6) is 11.5 Å². The maximum Gasteiger partial charge on any atom is 0.252 e. The fraction of sp³-hybridized carbons (Fsp3) is 0.262. The molecule has 49 heavy (non-hydrogen) atoms. The summed E-state index contributed by atoms with van der Waals surface area (Å²) in [7, 11) is -1.84. The Hall–Kier alpha value is -4.88. The third kappa shape index (κ3) is 8.23. The number of nitrogens with one attached hydrogen (secondary N) is 1. The smallest absolute Gasteiger partial charge is 0.252 e. The highest BCUT2D eigenvalue weighted by Crippen LogP contribution is 2.43. The van der Waals surface area contributed by atoms with Crippen LogP contribution in [0.3, 0.4) is 0 Å². The minimum absolute atomic E-state index is 0.00536. The maximum absolute atomic E-state index is 12.8. The largest absolute Gasteiger partial charge is 0.497 e. The van der Waals surface area contributed by atoms with Gasteiger partial charge in [-0.05, 0) is 110 Å². The molecule has 1 aliphatic heterocycles. The third-order valence-corrected chi connectivity index (χ3v) is 9.85. The summed E-state index contributed by atoms with van der Waals surface area (Å²) in [6.45, 7) is 17.7. The lowest BCUT2D eigenvalue weighted by atomic mass is 9.78. The minimum atomic E-state index is -3.48. The van der Waals surface area contributed by atoms with Gasteiger partial charge in [-0.15, -0.1) is 0 Å². The van der Waals surface area contributed by atoms with E-state index in [1.54, 1.807) is 38.3 Å². The summed E-state index contributed by atoms with van der Waals surface area (Å²) in [6.07, 6.45) is 6.27. The molecule has 0 radical (unpaired) electrons. The highest BCUT2D eigenvalue weighted by atomic mass is 32.2. The Balaban J connectivity index is 0.000000238. The van der Waals surface area contributed by atoms with Gasteiger partial charge in [0.15, 0.2) is 0 Å². The average molecular weight is 678 g/mol. The van der Waals surface area contributed by atoms with Gasteiger partial charge in [0.25, 0.3) is 5.91 Å². The molecule has 1 atom stereocenters. The third-order valence-electron chi connectivity index (χ3n) is 8.07. The lowest BCUT2D eigenvalue weighted by Gasteiger charge is -2.32. The van der Waals surface area contributed by atoms with E-state index in [9.17, 15) is 13.2 Å². The number of hydrogen-bond donors (Lipinski definition) is 1. The molecule has 0 aliphatic carbocycles. The summed E-state index contributed by atoms with van der Waals surface area (Å²) in [5.74, 6) is 1.49. The van der Waals surface area contributed by atoms with Crippen LogP contribution in [0.15, 0.2) is 138 Å². The van der Waals surface area contributed by atoms with Crippen LogP contribution in [-0.2, 0) is 20.8 Å². The average Bonchev–Trinajstić information content (AvgIpc) is 3.37. The molecule has 4 aromatic carbocycles. The van der Waals surface area contributed by atoms with Crippen molar-refractivity contribution in [3.8, 4) is 11.5 Å². The summed E-state index contributed by atoms with van der Waals surface area (Å²) in [5, 5.41) is 3.25. The maximum atomic E-state index is 12.8. The van der Waals surface area contributed by atoms with E-state index in [1.807, 2.05) is 106 Å². The first-order valence-electron chi connectivity index (χ1n) is 16.2. The molecule has 0 spiro atoms. The monoisotopic (exact) mass is 677 g/mol. The van der Waals surface area contributed by atoms with Crippen molar-refractivity contribution in [1.29, 1.82) is 0 Å². The zero-order valence-corrected chi connectivity index (χ0v) is 30.5. The predicted octanol–water partition coefficient (Wildman–Crippen LogP) is 9.31. The molecule has 256 valence electrons. The van der Waals surface area contributed by atoms with Gasteiger partial charge in [-0.25, -0.2) is 8.42 Å². The molecule has 1 aliphatic rings. The van der Waals surface area contributed by atoms with Gasteiger partial charge < -0.3 is 14.8 Å². The van der Waals surface area contributed by atoms with Crippen molar-refractivity contribution < 1.29 is 22.7 Å². The molecule has 0 saturated carbocycles. The number of carbonyl (C=O) groups excluding carboxylic acids is 1. The van der Waals surface area contributed by atoms with Crippen molar-refractivity contribution in [1.82, 2.24) is 5.32 Å². The van der Waals surface area contributed by atoms with Crippen LogP contribution in [0.4, 0.5) is 0 Å². The standard InChI is InChI=1S/C25H25NO3.C17H22O2S/c1-24(2,3)29-20-15-11-18(12-16-20)25(17-9-13-19(28-4)14-10-17)22-8-6-5-7-21(22)23(27)26-25;1-6-8-15(9-7-2)20(18,19)16-12-10-14(11-13-16)17(3,4)5/h5-16H,1-4H3,(H,26,27);6-13H,1H2,2-5H3/b;9-7-,15-8+. The van der Waals surface area contributed by atoms with E-state index in [1.165, 1.54) is 12.2 Å². The fourth-order valence-corrected chi connectivity index (χ4v) is 7.05. The first kappa shape index (κ1) is 36.9. The first-order valence-corrected chi connectivity index (χ1v) is 17.7. The highest BCUT2D eigenvalue weighted by Gasteiger charge is 2.45. The summed E-state index contributed by atoms with van der Waals surface area (Å²) in [6, 6.07) is 30.6. The molecule has 1 N–H and O–H groups in total. The van der Waals surface area contributed by atoms with Gasteiger partial charge >= 0.3 is 0 Å². The van der Waals surface area contributed by atoms with Crippen molar-refractivity contribution in [2.75, 3.05) is 7.11 Å². The van der Waals surface area contributed by atoms with Crippen molar-refractivity contribution in [2.24, 2.45) is 0 Å². The Kier molecular flexibility index (Phi) is 11.1. The van der Waals surface area contributed by atoms with Crippen molar-refractivity contribution in [3.63, 3.8) is 0 Å². The number of sulfone groups is 1. The van der Waals surface area contributed by atoms with Crippen molar-refractivity contribution in [2.45, 2.75) is 69.9 Å². The summed E-state index contributed by atoms with van der Waals surface area (Å²) < 4.78 is 36.3. The highest BCUT2D eigenvalue weighted by molar-refractivity contribution is 7.95. The predicted molar refractivity (Wildman–Crippen MR) is 199 cm³/mol. The fourth-order valence-electron chi connectivity index (χ4n) is 5.69.